The molecule has 1 aromatic heterocycles. The number of halogens is 1. The number of aldehydes is 1. The molecule has 0 saturated carbocycles. The van der Waals surface area contributed by atoms with Crippen LogP contribution in [-0.4, -0.2) is 23.0 Å². The van der Waals surface area contributed by atoms with Gasteiger partial charge in [0.05, 0.1) is 5.56 Å². The molecule has 0 radical (unpaired) electrons. The molecule has 1 heterocycles. The fraction of sp³-hybridized carbons (Fsp3) is 0.364. The smallest absolute Gasteiger partial charge is 0.413 e. The molecule has 0 aliphatic carbocycles. The van der Waals surface area contributed by atoms with Crippen LogP contribution in [0.3, 0.4) is 0 Å². The monoisotopic (exact) mass is 300 g/mol. The lowest BCUT2D eigenvalue weighted by molar-refractivity contribution is 0.0635. The van der Waals surface area contributed by atoms with Crippen molar-refractivity contribution in [3.8, 4) is 0 Å². The normalized spacial score (nSPS) is 10.8. The summed E-state index contributed by atoms with van der Waals surface area (Å²) in [6.45, 7) is 5.26. The second-order valence-corrected chi connectivity index (χ2v) is 5.25. The predicted molar refractivity (Wildman–Crippen MR) is 67.2 cm³/mol. The van der Waals surface area contributed by atoms with Crippen molar-refractivity contribution in [2.24, 2.45) is 0 Å². The molecule has 1 aromatic rings. The third-order valence-electron chi connectivity index (χ3n) is 1.63. The fourth-order valence-corrected chi connectivity index (χ4v) is 1.40. The summed E-state index contributed by atoms with van der Waals surface area (Å²) < 4.78 is 5.72. The Morgan fingerprint density at radius 1 is 1.53 bits per heavy atom. The number of rotatable bonds is 2. The molecule has 1 rings (SSSR count). The van der Waals surface area contributed by atoms with E-state index in [2.05, 4.69) is 26.2 Å². The van der Waals surface area contributed by atoms with Crippen LogP contribution in [0.15, 0.2) is 16.7 Å². The molecule has 5 nitrogen and oxygen atoms in total. The van der Waals surface area contributed by atoms with Crippen LogP contribution >= 0.6 is 15.9 Å². The molecular formula is C11H13BrN2O3. The van der Waals surface area contributed by atoms with Crippen LogP contribution < -0.4 is 5.32 Å². The third-order valence-corrected chi connectivity index (χ3v) is 2.06. The van der Waals surface area contributed by atoms with Crippen molar-refractivity contribution >= 4 is 34.1 Å². The lowest BCUT2D eigenvalue weighted by Gasteiger charge is -2.19. The maximum absolute atomic E-state index is 11.5. The highest BCUT2D eigenvalue weighted by molar-refractivity contribution is 9.10. The first-order valence-electron chi connectivity index (χ1n) is 4.92. The van der Waals surface area contributed by atoms with E-state index in [4.69, 9.17) is 4.74 Å². The Balaban J connectivity index is 2.81. The van der Waals surface area contributed by atoms with Crippen molar-refractivity contribution in [2.45, 2.75) is 26.4 Å². The third kappa shape index (κ3) is 4.52. The molecule has 17 heavy (non-hydrogen) atoms. The van der Waals surface area contributed by atoms with E-state index in [9.17, 15) is 9.59 Å². The van der Waals surface area contributed by atoms with Gasteiger partial charge in [0.1, 0.15) is 11.4 Å². The van der Waals surface area contributed by atoms with Crippen LogP contribution in [0, 0.1) is 0 Å². The van der Waals surface area contributed by atoms with E-state index in [-0.39, 0.29) is 11.4 Å². The Bertz CT molecular complexity index is 441. The van der Waals surface area contributed by atoms with Gasteiger partial charge < -0.3 is 4.74 Å². The van der Waals surface area contributed by atoms with Gasteiger partial charge in [-0.1, -0.05) is 0 Å². The maximum atomic E-state index is 11.5. The zero-order chi connectivity index (χ0) is 13.1. The van der Waals surface area contributed by atoms with Gasteiger partial charge in [-0.05, 0) is 42.8 Å². The highest BCUT2D eigenvalue weighted by atomic mass is 79.9. The van der Waals surface area contributed by atoms with E-state index >= 15 is 0 Å². The van der Waals surface area contributed by atoms with Crippen molar-refractivity contribution in [3.05, 3.63) is 22.3 Å². The molecule has 0 bridgehead atoms. The minimum Gasteiger partial charge on any atom is -0.444 e. The molecule has 0 aliphatic rings. The van der Waals surface area contributed by atoms with Gasteiger partial charge in [-0.25, -0.2) is 9.78 Å². The molecule has 0 unspecified atom stereocenters. The van der Waals surface area contributed by atoms with Crippen molar-refractivity contribution in [1.82, 2.24) is 4.98 Å². The van der Waals surface area contributed by atoms with Gasteiger partial charge in [-0.3, -0.25) is 10.1 Å². The number of nitrogens with one attached hydrogen (secondary N) is 1. The van der Waals surface area contributed by atoms with E-state index in [0.717, 1.165) is 0 Å². The first-order valence-corrected chi connectivity index (χ1v) is 5.72. The molecule has 0 saturated heterocycles. The molecule has 1 amide bonds. The zero-order valence-corrected chi connectivity index (χ0v) is 11.4. The largest absolute Gasteiger partial charge is 0.444 e. The summed E-state index contributed by atoms with van der Waals surface area (Å²) >= 11 is 3.19. The van der Waals surface area contributed by atoms with Crippen molar-refractivity contribution in [3.63, 3.8) is 0 Å². The van der Waals surface area contributed by atoms with Gasteiger partial charge in [0, 0.05) is 10.7 Å². The first kappa shape index (κ1) is 13.6. The molecule has 0 fully saturated rings. The fourth-order valence-electron chi connectivity index (χ4n) is 1.05. The molecule has 6 heteroatoms. The van der Waals surface area contributed by atoms with Gasteiger partial charge in [-0.2, -0.15) is 0 Å². The van der Waals surface area contributed by atoms with Crippen molar-refractivity contribution < 1.29 is 14.3 Å². The number of nitrogens with zero attached hydrogens (tertiary/aromatic N) is 1. The van der Waals surface area contributed by atoms with Crippen LogP contribution in [0.1, 0.15) is 31.1 Å². The van der Waals surface area contributed by atoms with Gasteiger partial charge in [0.25, 0.3) is 0 Å². The molecule has 0 aromatic carbocycles. The molecule has 92 valence electrons. The lowest BCUT2D eigenvalue weighted by Crippen LogP contribution is -2.27. The quantitative estimate of drug-likeness (QED) is 0.853. The topological polar surface area (TPSA) is 68.3 Å². The number of anilines is 1. The van der Waals surface area contributed by atoms with Crippen LogP contribution in [0.4, 0.5) is 10.6 Å². The zero-order valence-electron chi connectivity index (χ0n) is 9.78. The number of aromatic nitrogens is 1. The number of amides is 1. The van der Waals surface area contributed by atoms with Crippen molar-refractivity contribution in [2.75, 3.05) is 5.32 Å². The Kier molecular flexibility index (Phi) is 4.22. The van der Waals surface area contributed by atoms with E-state index in [1.165, 1.54) is 6.20 Å². The molecular weight excluding hydrogens is 288 g/mol. The van der Waals surface area contributed by atoms with E-state index in [0.29, 0.717) is 10.8 Å². The highest BCUT2D eigenvalue weighted by Gasteiger charge is 2.17. The van der Waals surface area contributed by atoms with E-state index in [1.807, 2.05) is 0 Å². The summed E-state index contributed by atoms with van der Waals surface area (Å²) in [5, 5.41) is 2.42. The Morgan fingerprint density at radius 3 is 2.71 bits per heavy atom. The highest BCUT2D eigenvalue weighted by Crippen LogP contribution is 2.17. The SMILES string of the molecule is CC(C)(C)OC(=O)Nc1ncc(Br)cc1C=O. The summed E-state index contributed by atoms with van der Waals surface area (Å²) in [6, 6.07) is 1.56. The number of pyridine rings is 1. The minimum atomic E-state index is -0.643. The Morgan fingerprint density at radius 2 is 2.18 bits per heavy atom. The van der Waals surface area contributed by atoms with Gasteiger partial charge in [0.2, 0.25) is 0 Å². The summed E-state index contributed by atoms with van der Waals surface area (Å²) in [6.07, 6.45) is 1.46. The number of carbonyl (C=O) groups is 2. The number of carbonyl (C=O) groups excluding carboxylic acids is 2. The standard InChI is InChI=1S/C11H13BrN2O3/c1-11(2,3)17-10(16)14-9-7(6-15)4-8(12)5-13-9/h4-6H,1-3H3,(H,13,14,16). The average Bonchev–Trinajstić information content (AvgIpc) is 2.17. The van der Waals surface area contributed by atoms with Gasteiger partial charge in [-0.15, -0.1) is 0 Å². The minimum absolute atomic E-state index is 0.178. The first-order chi connectivity index (χ1) is 7.81. The number of ether oxygens (including phenoxy) is 1. The summed E-state index contributed by atoms with van der Waals surface area (Å²) in [5.74, 6) is 0.178. The van der Waals surface area contributed by atoms with E-state index < -0.39 is 11.7 Å². The maximum Gasteiger partial charge on any atom is 0.413 e. The molecule has 0 aliphatic heterocycles. The second kappa shape index (κ2) is 5.27. The van der Waals surface area contributed by atoms with Crippen LogP contribution in [0.25, 0.3) is 0 Å². The van der Waals surface area contributed by atoms with E-state index in [1.54, 1.807) is 26.8 Å². The van der Waals surface area contributed by atoms with Gasteiger partial charge in [0.15, 0.2) is 6.29 Å². The summed E-state index contributed by atoms with van der Waals surface area (Å²) in [4.78, 5) is 26.2. The summed E-state index contributed by atoms with van der Waals surface area (Å²) in [5.41, 5.74) is -0.314. The molecule has 0 atom stereocenters. The van der Waals surface area contributed by atoms with Gasteiger partial charge >= 0.3 is 6.09 Å². The van der Waals surface area contributed by atoms with Crippen LogP contribution in [0.5, 0.6) is 0 Å². The van der Waals surface area contributed by atoms with Crippen LogP contribution in [-0.2, 0) is 4.74 Å². The van der Waals surface area contributed by atoms with Crippen molar-refractivity contribution in [1.29, 1.82) is 0 Å². The van der Waals surface area contributed by atoms with Crippen LogP contribution in [0.2, 0.25) is 0 Å². The Hall–Kier alpha value is -1.43. The Labute approximate surface area is 108 Å². The molecule has 1 N–H and O–H groups in total. The number of hydrogen-bond acceptors (Lipinski definition) is 4. The molecule has 0 spiro atoms. The predicted octanol–water partition coefficient (Wildman–Crippen LogP) is 3.00. The lowest BCUT2D eigenvalue weighted by atomic mass is 10.2. The number of hydrogen-bond donors (Lipinski definition) is 1. The second-order valence-electron chi connectivity index (χ2n) is 4.34. The average molecular weight is 301 g/mol. The summed E-state index contributed by atoms with van der Waals surface area (Å²) in [7, 11) is 0.